The van der Waals surface area contributed by atoms with E-state index in [1.807, 2.05) is 0 Å². The first-order chi connectivity index (χ1) is 6.53. The maximum absolute atomic E-state index is 10.8. The van der Waals surface area contributed by atoms with Crippen molar-refractivity contribution in [3.05, 3.63) is 33.9 Å². The van der Waals surface area contributed by atoms with Crippen LogP contribution in [0.1, 0.15) is 6.42 Å². The normalized spacial score (nSPS) is 31.4. The van der Waals surface area contributed by atoms with Crippen LogP contribution in [0.2, 0.25) is 0 Å². The number of nitrogens with zero attached hydrogens (tertiary/aromatic N) is 1. The van der Waals surface area contributed by atoms with Crippen molar-refractivity contribution in [2.75, 3.05) is 6.61 Å². The molecular formula is C8H13N3O3. The van der Waals surface area contributed by atoms with Crippen LogP contribution in [-0.4, -0.2) is 28.3 Å². The number of aliphatic hydroxyl groups is 1. The summed E-state index contributed by atoms with van der Waals surface area (Å²) < 4.78 is 0. The summed E-state index contributed by atoms with van der Waals surface area (Å²) in [5, 5.41) is 19.6. The maximum Gasteiger partial charge on any atom is 0.313 e. The molecule has 78 valence electrons. The van der Waals surface area contributed by atoms with Gasteiger partial charge in [0.25, 0.3) is 0 Å². The molecular weight excluding hydrogens is 186 g/mol. The zero-order valence-electron chi connectivity index (χ0n) is 7.59. The van der Waals surface area contributed by atoms with Crippen LogP contribution in [0.3, 0.4) is 0 Å². The molecule has 6 heteroatoms. The van der Waals surface area contributed by atoms with Gasteiger partial charge in [0.2, 0.25) is 0 Å². The molecule has 5 N–H and O–H groups in total. The van der Waals surface area contributed by atoms with Crippen molar-refractivity contribution in [2.24, 2.45) is 11.5 Å². The predicted molar refractivity (Wildman–Crippen MR) is 50.8 cm³/mol. The summed E-state index contributed by atoms with van der Waals surface area (Å²) in [7, 11) is 0. The fourth-order valence-corrected chi connectivity index (χ4v) is 1.43. The van der Waals surface area contributed by atoms with E-state index in [1.54, 1.807) is 6.08 Å². The molecule has 1 rings (SSSR count). The van der Waals surface area contributed by atoms with E-state index >= 15 is 0 Å². The van der Waals surface area contributed by atoms with Crippen LogP contribution in [0.15, 0.2) is 23.8 Å². The van der Waals surface area contributed by atoms with E-state index in [4.69, 9.17) is 16.6 Å². The molecule has 0 radical (unpaired) electrons. The second kappa shape index (κ2) is 3.87. The van der Waals surface area contributed by atoms with Gasteiger partial charge in [-0.05, 0) is 0 Å². The van der Waals surface area contributed by atoms with Crippen molar-refractivity contribution in [3.8, 4) is 0 Å². The Bertz CT molecular complexity index is 300. The number of aliphatic hydroxyl groups excluding tert-OH is 1. The van der Waals surface area contributed by atoms with Gasteiger partial charge in [-0.1, -0.05) is 18.2 Å². The number of nitrogens with two attached hydrogens (primary N) is 2. The number of rotatable bonds is 3. The van der Waals surface area contributed by atoms with E-state index in [-0.39, 0.29) is 13.0 Å². The summed E-state index contributed by atoms with van der Waals surface area (Å²) in [6.45, 7) is -0.181. The minimum Gasteiger partial charge on any atom is -0.396 e. The van der Waals surface area contributed by atoms with Crippen LogP contribution in [0, 0.1) is 10.1 Å². The van der Waals surface area contributed by atoms with E-state index in [1.165, 1.54) is 12.2 Å². The molecule has 2 unspecified atom stereocenters. The monoisotopic (exact) mass is 199 g/mol. The van der Waals surface area contributed by atoms with Crippen LogP contribution in [-0.2, 0) is 0 Å². The highest BCUT2D eigenvalue weighted by Crippen LogP contribution is 2.25. The molecule has 1 aliphatic carbocycles. The van der Waals surface area contributed by atoms with Crippen molar-refractivity contribution < 1.29 is 10.0 Å². The van der Waals surface area contributed by atoms with Gasteiger partial charge in [0.05, 0.1) is 0 Å². The SMILES string of the molecule is NC1C=CC=C(CCO)C1(N)[N+](=O)[O-]. The molecule has 1 aliphatic rings. The fraction of sp³-hybridized carbons (Fsp3) is 0.500. The smallest absolute Gasteiger partial charge is 0.313 e. The average molecular weight is 199 g/mol. The van der Waals surface area contributed by atoms with Gasteiger partial charge in [0, 0.05) is 23.5 Å². The summed E-state index contributed by atoms with van der Waals surface area (Å²) in [5.74, 6) is 0. The lowest BCUT2D eigenvalue weighted by Gasteiger charge is -2.29. The van der Waals surface area contributed by atoms with Crippen LogP contribution >= 0.6 is 0 Å². The standard InChI is InChI=1S/C8H13N3O3/c9-7-3-1-2-6(4-5-12)8(7,10)11(13)14/h1-3,7,12H,4-5,9-10H2. The van der Waals surface area contributed by atoms with Gasteiger partial charge in [-0.25, -0.2) is 0 Å². The Morgan fingerprint density at radius 1 is 1.71 bits per heavy atom. The highest BCUT2D eigenvalue weighted by molar-refractivity contribution is 5.31. The van der Waals surface area contributed by atoms with Crippen LogP contribution in [0.5, 0.6) is 0 Å². The summed E-state index contributed by atoms with van der Waals surface area (Å²) in [5.41, 5.74) is 9.75. The van der Waals surface area contributed by atoms with Crippen molar-refractivity contribution in [1.82, 2.24) is 0 Å². The molecule has 6 nitrogen and oxygen atoms in total. The third-order valence-corrected chi connectivity index (χ3v) is 2.32. The van der Waals surface area contributed by atoms with Crippen molar-refractivity contribution >= 4 is 0 Å². The van der Waals surface area contributed by atoms with E-state index in [2.05, 4.69) is 0 Å². The number of hydrogen-bond acceptors (Lipinski definition) is 5. The first-order valence-corrected chi connectivity index (χ1v) is 4.21. The minimum absolute atomic E-state index is 0.162. The van der Waals surface area contributed by atoms with Gasteiger partial charge in [0.1, 0.15) is 6.04 Å². The van der Waals surface area contributed by atoms with E-state index in [9.17, 15) is 10.1 Å². The zero-order valence-corrected chi connectivity index (χ0v) is 7.59. The van der Waals surface area contributed by atoms with Gasteiger partial charge in [0.15, 0.2) is 0 Å². The average Bonchev–Trinajstić information content (AvgIpc) is 2.13. The molecule has 0 aliphatic heterocycles. The highest BCUT2D eigenvalue weighted by Gasteiger charge is 2.48. The molecule has 0 bridgehead atoms. The second-order valence-corrected chi connectivity index (χ2v) is 3.16. The first-order valence-electron chi connectivity index (χ1n) is 4.21. The Morgan fingerprint density at radius 3 is 2.86 bits per heavy atom. The van der Waals surface area contributed by atoms with Gasteiger partial charge in [-0.15, -0.1) is 0 Å². The predicted octanol–water partition coefficient (Wildman–Crippen LogP) is -0.876. The third-order valence-electron chi connectivity index (χ3n) is 2.32. The van der Waals surface area contributed by atoms with Gasteiger partial charge >= 0.3 is 5.66 Å². The lowest BCUT2D eigenvalue weighted by Crippen LogP contribution is -2.62. The molecule has 0 aromatic carbocycles. The molecule has 0 saturated carbocycles. The summed E-state index contributed by atoms with van der Waals surface area (Å²) in [4.78, 5) is 10.2. The Kier molecular flexibility index (Phi) is 3.00. The minimum atomic E-state index is -1.78. The molecule has 14 heavy (non-hydrogen) atoms. The lowest BCUT2D eigenvalue weighted by atomic mass is 9.87. The Hall–Kier alpha value is -1.24. The second-order valence-electron chi connectivity index (χ2n) is 3.16. The van der Waals surface area contributed by atoms with E-state index in [0.29, 0.717) is 5.57 Å². The molecule has 2 atom stereocenters. The summed E-state index contributed by atoms with van der Waals surface area (Å²) >= 11 is 0. The van der Waals surface area contributed by atoms with Crippen LogP contribution in [0.4, 0.5) is 0 Å². The maximum atomic E-state index is 10.8. The van der Waals surface area contributed by atoms with Gasteiger partial charge in [-0.2, -0.15) is 0 Å². The molecule has 0 aromatic heterocycles. The molecule has 0 aromatic rings. The Labute approximate surface area is 81.0 Å². The van der Waals surface area contributed by atoms with Gasteiger partial charge in [-0.3, -0.25) is 15.8 Å². The van der Waals surface area contributed by atoms with E-state index in [0.717, 1.165) is 0 Å². The lowest BCUT2D eigenvalue weighted by molar-refractivity contribution is -0.559. The molecule has 0 spiro atoms. The van der Waals surface area contributed by atoms with E-state index < -0.39 is 16.6 Å². The first kappa shape index (κ1) is 10.8. The quantitative estimate of drug-likeness (QED) is 0.310. The fourth-order valence-electron chi connectivity index (χ4n) is 1.43. The van der Waals surface area contributed by atoms with Crippen molar-refractivity contribution in [3.63, 3.8) is 0 Å². The van der Waals surface area contributed by atoms with Crippen LogP contribution < -0.4 is 11.5 Å². The topological polar surface area (TPSA) is 115 Å². The summed E-state index contributed by atoms with van der Waals surface area (Å²) in [6, 6.07) is -0.857. The Morgan fingerprint density at radius 2 is 2.36 bits per heavy atom. The molecule has 0 amide bonds. The highest BCUT2D eigenvalue weighted by atomic mass is 16.6. The third kappa shape index (κ3) is 1.54. The molecule has 0 fully saturated rings. The van der Waals surface area contributed by atoms with Crippen LogP contribution in [0.25, 0.3) is 0 Å². The Balaban J connectivity index is 3.05. The number of nitro groups is 1. The molecule has 0 heterocycles. The van der Waals surface area contributed by atoms with Gasteiger partial charge < -0.3 is 10.8 Å². The summed E-state index contributed by atoms with van der Waals surface area (Å²) in [6.07, 6.45) is 4.78. The van der Waals surface area contributed by atoms with Crippen molar-refractivity contribution in [2.45, 2.75) is 18.1 Å². The number of hydrogen-bond donors (Lipinski definition) is 3. The van der Waals surface area contributed by atoms with Crippen molar-refractivity contribution in [1.29, 1.82) is 0 Å². The zero-order chi connectivity index (χ0) is 10.8. The largest absolute Gasteiger partial charge is 0.396 e. The molecule has 0 saturated heterocycles. The number of allylic oxidation sites excluding steroid dienone is 2.